The Kier molecular flexibility index (Phi) is 32.9. The molecule has 0 aromatic carbocycles. The summed E-state index contributed by atoms with van der Waals surface area (Å²) >= 11 is 0. The highest BCUT2D eigenvalue weighted by Gasteiger charge is 2.44. The molecule has 4 heterocycles. The highest BCUT2D eigenvalue weighted by molar-refractivity contribution is 6.03. The van der Waals surface area contributed by atoms with Gasteiger partial charge in [0.2, 0.25) is 0 Å². The molecule has 104 heavy (non-hydrogen) atoms. The zero-order chi connectivity index (χ0) is 78.5. The van der Waals surface area contributed by atoms with Crippen LogP contribution in [0, 0.1) is 5.41 Å². The Morgan fingerprint density at radius 1 is 0.260 bits per heavy atom. The van der Waals surface area contributed by atoms with E-state index < -0.39 is 121 Å². The molecule has 32 heteroatoms. The van der Waals surface area contributed by atoms with Crippen LogP contribution in [0.1, 0.15) is 258 Å². The fraction of sp³-hybridized carbons (Fsp3) is 0.778. The minimum atomic E-state index is -1.41. The standard InChI is InChI=1S/C72H110N4O28/c1-64(2,37-40-93-68(9,10)48(77)21-17-25-60(89)101-73-52(81)29-30-53(73)82)96-44-72(47-99-67(7,8)43-100-71(15,16)51(80)24-20-28-63(92)104-76-58(87)35-36-59(76)88,45-97-65(3,4)38-41-94-69(11,12)49(78)22-18-26-61(90)102-74-54(83)31-32-55(74)84)46-98-66(5,6)39-42-95-70(13,14)50(79)23-19-27-62(91)103-75-56(85)33-34-57(75)86/h17-47H2,1-16H3. The van der Waals surface area contributed by atoms with E-state index in [0.717, 1.165) is 0 Å². The maximum absolute atomic E-state index is 13.7. The molecule has 4 saturated heterocycles. The molecule has 4 aliphatic rings. The van der Waals surface area contributed by atoms with Crippen molar-refractivity contribution in [3.63, 3.8) is 0 Å². The van der Waals surface area contributed by atoms with E-state index in [9.17, 15) is 76.7 Å². The first kappa shape index (κ1) is 89.2. The van der Waals surface area contributed by atoms with Crippen LogP contribution in [-0.2, 0) is 134 Å². The normalized spacial score (nSPS) is 16.2. The number of carbonyl (C=O) groups excluding carboxylic acids is 16. The summed E-state index contributed by atoms with van der Waals surface area (Å²) in [7, 11) is 0. The average Bonchev–Trinajstić information content (AvgIpc) is 1.11. The largest absolute Gasteiger partial charge is 0.375 e. The van der Waals surface area contributed by atoms with Crippen LogP contribution in [0.25, 0.3) is 0 Å². The molecule has 4 aliphatic heterocycles. The van der Waals surface area contributed by atoms with Crippen molar-refractivity contribution >= 4 is 94.3 Å². The van der Waals surface area contributed by atoms with Crippen molar-refractivity contribution < 1.29 is 134 Å². The summed E-state index contributed by atoms with van der Waals surface area (Å²) in [6.45, 7) is 26.4. The summed E-state index contributed by atoms with van der Waals surface area (Å²) < 4.78 is 52.2. The highest BCUT2D eigenvalue weighted by atomic mass is 16.7. The van der Waals surface area contributed by atoms with Gasteiger partial charge in [-0.15, -0.1) is 20.3 Å². The lowest BCUT2D eigenvalue weighted by atomic mass is 9.89. The van der Waals surface area contributed by atoms with E-state index >= 15 is 0 Å². The number of Topliss-reactive ketones (excluding diaryl/α,β-unsaturated/α-hetero) is 4. The van der Waals surface area contributed by atoms with Crippen molar-refractivity contribution in [1.82, 2.24) is 20.3 Å². The third-order valence-corrected chi connectivity index (χ3v) is 18.0. The van der Waals surface area contributed by atoms with Crippen molar-refractivity contribution in [3.05, 3.63) is 0 Å². The van der Waals surface area contributed by atoms with Crippen LogP contribution in [-0.4, -0.2) is 212 Å². The van der Waals surface area contributed by atoms with Crippen LogP contribution < -0.4 is 0 Å². The Labute approximate surface area is 607 Å². The first-order valence-electron chi connectivity index (χ1n) is 35.5. The molecule has 586 valence electrons. The second-order valence-corrected chi connectivity index (χ2v) is 31.1. The second-order valence-electron chi connectivity index (χ2n) is 31.1. The Bertz CT molecular complexity index is 2850. The van der Waals surface area contributed by atoms with Crippen LogP contribution >= 0.6 is 0 Å². The molecule has 0 bridgehead atoms. The number of hydrogen-bond donors (Lipinski definition) is 0. The van der Waals surface area contributed by atoms with Gasteiger partial charge in [-0.25, -0.2) is 19.2 Å². The lowest BCUT2D eigenvalue weighted by Crippen LogP contribution is -2.50. The highest BCUT2D eigenvalue weighted by Crippen LogP contribution is 2.34. The van der Waals surface area contributed by atoms with E-state index in [0.29, 0.717) is 20.3 Å². The van der Waals surface area contributed by atoms with Crippen LogP contribution in [0.5, 0.6) is 0 Å². The second kappa shape index (κ2) is 38.4. The van der Waals surface area contributed by atoms with Gasteiger partial charge in [0, 0.05) is 103 Å². The fourth-order valence-corrected chi connectivity index (χ4v) is 10.2. The van der Waals surface area contributed by atoms with Gasteiger partial charge in [0.15, 0.2) is 23.1 Å². The molecule has 8 amide bonds. The number of imide groups is 4. The molecule has 0 N–H and O–H groups in total. The number of rotatable bonds is 51. The van der Waals surface area contributed by atoms with Crippen molar-refractivity contribution in [2.45, 2.75) is 303 Å². The molecule has 0 radical (unpaired) electrons. The van der Waals surface area contributed by atoms with E-state index in [1.165, 1.54) is 0 Å². The minimum absolute atomic E-state index is 0.00995. The first-order valence-corrected chi connectivity index (χ1v) is 35.5. The van der Waals surface area contributed by atoms with Gasteiger partial charge < -0.3 is 57.2 Å². The summed E-state index contributed by atoms with van der Waals surface area (Å²) in [6, 6.07) is 0. The zero-order valence-electron chi connectivity index (χ0n) is 63.6. The number of hydroxylamine groups is 8. The van der Waals surface area contributed by atoms with E-state index in [1.54, 1.807) is 69.2 Å². The van der Waals surface area contributed by atoms with Gasteiger partial charge in [0.25, 0.3) is 47.3 Å². The van der Waals surface area contributed by atoms with Crippen molar-refractivity contribution in [1.29, 1.82) is 0 Å². The van der Waals surface area contributed by atoms with Crippen molar-refractivity contribution in [2.24, 2.45) is 5.41 Å². The van der Waals surface area contributed by atoms with Gasteiger partial charge in [0.05, 0.1) is 80.7 Å². The number of ketones is 4. The number of ether oxygens (including phenoxy) is 8. The third kappa shape index (κ3) is 29.6. The zero-order valence-corrected chi connectivity index (χ0v) is 63.6. The summed E-state index contributed by atoms with van der Waals surface area (Å²) in [5, 5.41) is 1.77. The molecule has 4 fully saturated rings. The van der Waals surface area contributed by atoms with Gasteiger partial charge >= 0.3 is 23.9 Å². The monoisotopic (exact) mass is 1480 g/mol. The third-order valence-electron chi connectivity index (χ3n) is 18.0. The van der Waals surface area contributed by atoms with Crippen LogP contribution in [0.15, 0.2) is 0 Å². The molecular weight excluding hydrogens is 1370 g/mol. The Balaban J connectivity index is 1.55. The van der Waals surface area contributed by atoms with Crippen molar-refractivity contribution in [2.75, 3.05) is 52.9 Å². The smallest absolute Gasteiger partial charge is 0.333 e. The Morgan fingerprint density at radius 2 is 0.452 bits per heavy atom. The molecular formula is C72H110N4O28. The predicted molar refractivity (Wildman–Crippen MR) is 361 cm³/mol. The van der Waals surface area contributed by atoms with Gasteiger partial charge in [-0.2, -0.15) is 0 Å². The number of nitrogens with zero attached hydrogens (tertiary/aromatic N) is 4. The molecule has 0 saturated carbocycles. The first-order chi connectivity index (χ1) is 48.0. The van der Waals surface area contributed by atoms with Gasteiger partial charge in [-0.1, -0.05) is 0 Å². The lowest BCUT2D eigenvalue weighted by molar-refractivity contribution is -0.204. The van der Waals surface area contributed by atoms with Crippen molar-refractivity contribution in [3.8, 4) is 0 Å². The predicted octanol–water partition coefficient (Wildman–Crippen LogP) is 6.89. The van der Waals surface area contributed by atoms with E-state index in [4.69, 9.17) is 57.2 Å². The number of amides is 8. The minimum Gasteiger partial charge on any atom is -0.375 e. The topological polar surface area (TPSA) is 397 Å². The molecule has 4 rings (SSSR count). The quantitative estimate of drug-likeness (QED) is 0.0559. The SMILES string of the molecule is CC(C)(CCOC(C)(C)C(=O)CCCC(=O)ON1C(=O)CCC1=O)OCC(COC(C)(C)CCOC(C)(C)C(=O)CCCC(=O)ON1C(=O)CCC1=O)(COC(C)(C)CCOC(C)(C)C(=O)CCCC(=O)ON1C(=O)CCC1=O)COC(C)(C)COC(C)(C)C(=O)CCCC(=O)ON1C(=O)CCC1=O. The maximum Gasteiger partial charge on any atom is 0.333 e. The van der Waals surface area contributed by atoms with Crippen LogP contribution in [0.4, 0.5) is 0 Å². The molecule has 0 unspecified atom stereocenters. The van der Waals surface area contributed by atoms with E-state index in [2.05, 4.69) is 0 Å². The van der Waals surface area contributed by atoms with E-state index in [1.807, 2.05) is 41.5 Å². The molecule has 0 spiro atoms. The van der Waals surface area contributed by atoms with Crippen LogP contribution in [0.3, 0.4) is 0 Å². The summed E-state index contributed by atoms with van der Waals surface area (Å²) in [5.41, 5.74) is -10.9. The maximum atomic E-state index is 13.7. The summed E-state index contributed by atoms with van der Waals surface area (Å²) in [4.78, 5) is 220. The lowest BCUT2D eigenvalue weighted by Gasteiger charge is -2.42. The number of hydrogen-bond acceptors (Lipinski definition) is 28. The Morgan fingerprint density at radius 3 is 0.663 bits per heavy atom. The molecule has 32 nitrogen and oxygen atoms in total. The van der Waals surface area contributed by atoms with Gasteiger partial charge in [-0.05, 0) is 156 Å². The molecule has 0 aromatic heterocycles. The fourth-order valence-electron chi connectivity index (χ4n) is 10.2. The van der Waals surface area contributed by atoms with Gasteiger partial charge in [0.1, 0.15) is 22.4 Å². The summed E-state index contributed by atoms with van der Waals surface area (Å²) in [6.07, 6.45) is -1.09. The summed E-state index contributed by atoms with van der Waals surface area (Å²) in [5.74, 6) is -9.77. The Hall–Kier alpha value is -7.20. The van der Waals surface area contributed by atoms with Crippen LogP contribution in [0.2, 0.25) is 0 Å². The molecule has 0 atom stereocenters. The van der Waals surface area contributed by atoms with E-state index in [-0.39, 0.29) is 224 Å². The van der Waals surface area contributed by atoms with Gasteiger partial charge in [-0.3, -0.25) is 57.5 Å². The number of carbonyl (C=O) groups is 16. The molecule has 0 aliphatic carbocycles. The molecule has 0 aromatic rings. The average molecular weight is 1480 g/mol.